The molecule has 4 nitrogen and oxygen atoms in total. The highest BCUT2D eigenvalue weighted by atomic mass is 16.5. The van der Waals surface area contributed by atoms with Gasteiger partial charge in [-0.15, -0.1) is 0 Å². The molecule has 154 valence electrons. The molecule has 3 aliphatic rings. The number of aryl methyl sites for hydroxylation is 1. The smallest absolute Gasteiger partial charge is 0.319 e. The quantitative estimate of drug-likeness (QED) is 0.595. The fraction of sp³-hybridized carbons (Fsp3) is 0.440. The van der Waals surface area contributed by atoms with Crippen LogP contribution >= 0.6 is 0 Å². The summed E-state index contributed by atoms with van der Waals surface area (Å²) in [5.41, 5.74) is 1.55. The van der Waals surface area contributed by atoms with E-state index >= 15 is 0 Å². The molecule has 0 spiro atoms. The molecule has 29 heavy (non-hydrogen) atoms. The molecule has 2 bridgehead atoms. The van der Waals surface area contributed by atoms with Crippen molar-refractivity contribution in [3.8, 4) is 0 Å². The van der Waals surface area contributed by atoms with Crippen LogP contribution in [0.15, 0.2) is 60.7 Å². The molecule has 2 aromatic rings. The largest absolute Gasteiger partial charge is 0.465 e. The molecule has 1 N–H and O–H groups in total. The molecule has 0 heterocycles. The first-order valence-electron chi connectivity index (χ1n) is 10.5. The predicted molar refractivity (Wildman–Crippen MR) is 114 cm³/mol. The Morgan fingerprint density at radius 2 is 1.55 bits per heavy atom. The van der Waals surface area contributed by atoms with Gasteiger partial charge in [-0.05, 0) is 45.1 Å². The zero-order valence-corrected chi connectivity index (χ0v) is 17.4. The highest BCUT2D eigenvalue weighted by Crippen LogP contribution is 2.50. The average Bonchev–Trinajstić information content (AvgIpc) is 2.75. The summed E-state index contributed by atoms with van der Waals surface area (Å²) in [4.78, 5) is 24.8. The van der Waals surface area contributed by atoms with Crippen molar-refractivity contribution in [3.63, 3.8) is 0 Å². The molecular weight excluding hydrogens is 362 g/mol. The zero-order valence-electron chi connectivity index (χ0n) is 17.4. The number of ether oxygens (including phenoxy) is 1. The second-order valence-corrected chi connectivity index (χ2v) is 8.18. The van der Waals surface area contributed by atoms with Crippen LogP contribution in [0.25, 0.3) is 0 Å². The SMILES string of the molecule is CCOC(=O)C12CCC(NCc3ccccc3)(CC1)CC2=O.Cc1ccccc1. The van der Waals surface area contributed by atoms with Gasteiger partial charge in [0.05, 0.1) is 6.61 Å². The highest BCUT2D eigenvalue weighted by molar-refractivity contribution is 6.05. The van der Waals surface area contributed by atoms with E-state index in [0.717, 1.165) is 19.4 Å². The summed E-state index contributed by atoms with van der Waals surface area (Å²) < 4.78 is 5.15. The van der Waals surface area contributed by atoms with Gasteiger partial charge in [0.15, 0.2) is 5.78 Å². The molecule has 3 fully saturated rings. The number of nitrogens with one attached hydrogen (secondary N) is 1. The van der Waals surface area contributed by atoms with E-state index < -0.39 is 5.41 Å². The topological polar surface area (TPSA) is 55.4 Å². The molecular formula is C25H31NO3. The number of ketones is 1. The average molecular weight is 394 g/mol. The van der Waals surface area contributed by atoms with Crippen molar-refractivity contribution < 1.29 is 14.3 Å². The van der Waals surface area contributed by atoms with E-state index in [1.165, 1.54) is 11.1 Å². The van der Waals surface area contributed by atoms with Gasteiger partial charge in [-0.1, -0.05) is 66.2 Å². The Morgan fingerprint density at radius 1 is 0.966 bits per heavy atom. The van der Waals surface area contributed by atoms with E-state index in [9.17, 15) is 9.59 Å². The Balaban J connectivity index is 0.000000290. The number of rotatable bonds is 5. The molecule has 0 saturated heterocycles. The van der Waals surface area contributed by atoms with Crippen LogP contribution in [0.1, 0.15) is 50.2 Å². The van der Waals surface area contributed by atoms with Crippen molar-refractivity contribution in [1.29, 1.82) is 0 Å². The third-order valence-electron chi connectivity index (χ3n) is 6.21. The fourth-order valence-electron chi connectivity index (χ4n) is 4.33. The van der Waals surface area contributed by atoms with E-state index in [1.807, 2.05) is 36.4 Å². The number of hydrogen-bond donors (Lipinski definition) is 1. The lowest BCUT2D eigenvalue weighted by Crippen LogP contribution is -2.61. The molecule has 0 aliphatic heterocycles. The molecule has 0 aromatic heterocycles. The van der Waals surface area contributed by atoms with Gasteiger partial charge < -0.3 is 10.1 Å². The molecule has 0 radical (unpaired) electrons. The second-order valence-electron chi connectivity index (χ2n) is 8.18. The number of benzene rings is 2. The van der Waals surface area contributed by atoms with Gasteiger partial charge in [0, 0.05) is 18.5 Å². The monoisotopic (exact) mass is 393 g/mol. The van der Waals surface area contributed by atoms with E-state index in [2.05, 4.69) is 36.5 Å². The summed E-state index contributed by atoms with van der Waals surface area (Å²) in [5.74, 6) is -0.250. The van der Waals surface area contributed by atoms with E-state index in [0.29, 0.717) is 25.9 Å². The van der Waals surface area contributed by atoms with E-state index in [-0.39, 0.29) is 17.3 Å². The second kappa shape index (κ2) is 9.36. The zero-order chi connectivity index (χ0) is 20.7. The lowest BCUT2D eigenvalue weighted by molar-refractivity contribution is -0.168. The predicted octanol–water partition coefficient (Wildman–Crippen LogP) is 4.61. The van der Waals surface area contributed by atoms with Crippen LogP contribution in [-0.4, -0.2) is 23.9 Å². The lowest BCUT2D eigenvalue weighted by Gasteiger charge is -2.51. The highest BCUT2D eigenvalue weighted by Gasteiger charge is 2.58. The van der Waals surface area contributed by atoms with Crippen LogP contribution in [0.4, 0.5) is 0 Å². The Morgan fingerprint density at radius 3 is 2.03 bits per heavy atom. The molecule has 3 aliphatic carbocycles. The van der Waals surface area contributed by atoms with E-state index in [1.54, 1.807) is 6.92 Å². The number of fused-ring (bicyclic) bond motifs is 3. The van der Waals surface area contributed by atoms with Crippen LogP contribution in [0.5, 0.6) is 0 Å². The number of carbonyl (C=O) groups excluding carboxylic acids is 2. The minimum absolute atomic E-state index is 0.0593. The molecule has 0 amide bonds. The van der Waals surface area contributed by atoms with Crippen molar-refractivity contribution >= 4 is 11.8 Å². The first-order valence-corrected chi connectivity index (χ1v) is 10.5. The lowest BCUT2D eigenvalue weighted by atomic mass is 9.56. The fourth-order valence-corrected chi connectivity index (χ4v) is 4.33. The summed E-state index contributed by atoms with van der Waals surface area (Å²) in [5, 5.41) is 3.58. The molecule has 0 unspecified atom stereocenters. The number of hydrogen-bond acceptors (Lipinski definition) is 4. The summed E-state index contributed by atoms with van der Waals surface area (Å²) in [7, 11) is 0. The Bertz CT molecular complexity index is 808. The van der Waals surface area contributed by atoms with Gasteiger partial charge in [-0.25, -0.2) is 0 Å². The summed E-state index contributed by atoms with van der Waals surface area (Å²) in [6.07, 6.45) is 3.41. The maximum absolute atomic E-state index is 12.6. The third kappa shape index (κ3) is 4.94. The molecule has 0 atom stereocenters. The number of esters is 1. The maximum Gasteiger partial charge on any atom is 0.319 e. The summed E-state index contributed by atoms with van der Waals surface area (Å²) in [6.45, 7) is 4.97. The van der Waals surface area contributed by atoms with Crippen molar-refractivity contribution in [2.75, 3.05) is 6.61 Å². The van der Waals surface area contributed by atoms with Crippen molar-refractivity contribution in [2.45, 2.75) is 58.0 Å². The van der Waals surface area contributed by atoms with Gasteiger partial charge in [0.2, 0.25) is 0 Å². The van der Waals surface area contributed by atoms with Gasteiger partial charge >= 0.3 is 5.97 Å². The normalized spacial score (nSPS) is 25.1. The maximum atomic E-state index is 12.6. The summed E-state index contributed by atoms with van der Waals surface area (Å²) in [6, 6.07) is 20.5. The minimum atomic E-state index is -0.855. The van der Waals surface area contributed by atoms with Crippen molar-refractivity contribution in [2.24, 2.45) is 5.41 Å². The van der Waals surface area contributed by atoms with Gasteiger partial charge in [-0.2, -0.15) is 0 Å². The van der Waals surface area contributed by atoms with Crippen molar-refractivity contribution in [1.82, 2.24) is 5.32 Å². The van der Waals surface area contributed by atoms with Gasteiger partial charge in [0.1, 0.15) is 5.41 Å². The Hall–Kier alpha value is -2.46. The standard InChI is InChI=1S/C18H23NO3.C7H8/c1-2-22-16(21)18-10-8-17(9-11-18,12-15(18)20)19-13-14-6-4-3-5-7-14;1-7-5-3-2-4-6-7/h3-7,19H,2,8-13H2,1H3;2-6H,1H3. The molecule has 5 rings (SSSR count). The third-order valence-corrected chi connectivity index (χ3v) is 6.21. The molecule has 4 heteroatoms. The number of carbonyl (C=O) groups is 2. The number of Topliss-reactive ketones (excluding diaryl/α,β-unsaturated/α-hetero) is 1. The van der Waals surface area contributed by atoms with Crippen LogP contribution in [0, 0.1) is 12.3 Å². The van der Waals surface area contributed by atoms with Crippen LogP contribution in [-0.2, 0) is 20.9 Å². The van der Waals surface area contributed by atoms with Gasteiger partial charge in [0.25, 0.3) is 0 Å². The summed E-state index contributed by atoms with van der Waals surface area (Å²) >= 11 is 0. The molecule has 2 aromatic carbocycles. The first-order chi connectivity index (χ1) is 14.0. The van der Waals surface area contributed by atoms with Crippen LogP contribution in [0.2, 0.25) is 0 Å². The van der Waals surface area contributed by atoms with Gasteiger partial charge in [-0.3, -0.25) is 9.59 Å². The Kier molecular flexibility index (Phi) is 6.86. The van der Waals surface area contributed by atoms with E-state index in [4.69, 9.17) is 4.74 Å². The minimum Gasteiger partial charge on any atom is -0.465 e. The first kappa shape index (κ1) is 21.3. The molecule has 3 saturated carbocycles. The van der Waals surface area contributed by atoms with Crippen molar-refractivity contribution in [3.05, 3.63) is 71.8 Å². The van der Waals surface area contributed by atoms with Crippen LogP contribution in [0.3, 0.4) is 0 Å². The van der Waals surface area contributed by atoms with Crippen LogP contribution < -0.4 is 5.32 Å². The Labute approximate surface area is 173 Å².